The molecule has 1 aliphatic rings. The summed E-state index contributed by atoms with van der Waals surface area (Å²) in [7, 11) is 3.77. The molecule has 0 N–H and O–H groups in total. The van der Waals surface area contributed by atoms with Crippen LogP contribution in [0.2, 0.25) is 0 Å². The number of likely N-dealkylation sites (N-methyl/N-ethyl adjacent to an activating group) is 1. The third kappa shape index (κ3) is 3.46. The summed E-state index contributed by atoms with van der Waals surface area (Å²) in [6.45, 7) is 3.80. The van der Waals surface area contributed by atoms with Gasteiger partial charge in [-0.05, 0) is 18.6 Å². The van der Waals surface area contributed by atoms with Gasteiger partial charge in [0.25, 0.3) is 5.69 Å². The van der Waals surface area contributed by atoms with Gasteiger partial charge in [0, 0.05) is 57.7 Å². The van der Waals surface area contributed by atoms with Crippen molar-refractivity contribution in [2.24, 2.45) is 0 Å². The van der Waals surface area contributed by atoms with Gasteiger partial charge in [-0.1, -0.05) is 0 Å². The first-order valence-corrected chi connectivity index (χ1v) is 6.80. The highest BCUT2D eigenvalue weighted by Gasteiger charge is 2.25. The smallest absolute Gasteiger partial charge is 0.269 e. The number of non-ortho nitro benzene ring substituents is 1. The normalized spacial score (nSPS) is 19.2. The molecule has 0 bridgehead atoms. The SMILES string of the molecule is COCCN1CCC(N(C)c2ccc([N+](=O)[O-])cc2)C1. The van der Waals surface area contributed by atoms with Gasteiger partial charge in [0.15, 0.2) is 0 Å². The Balaban J connectivity index is 1.94. The van der Waals surface area contributed by atoms with E-state index in [-0.39, 0.29) is 10.6 Å². The molecule has 1 aromatic rings. The predicted octanol–water partition coefficient (Wildman–Crippen LogP) is 1.75. The minimum Gasteiger partial charge on any atom is -0.383 e. The monoisotopic (exact) mass is 279 g/mol. The lowest BCUT2D eigenvalue weighted by molar-refractivity contribution is -0.384. The summed E-state index contributed by atoms with van der Waals surface area (Å²) in [4.78, 5) is 14.9. The van der Waals surface area contributed by atoms with Gasteiger partial charge in [0.1, 0.15) is 0 Å². The molecule has 0 aliphatic carbocycles. The van der Waals surface area contributed by atoms with Gasteiger partial charge in [-0.25, -0.2) is 0 Å². The van der Waals surface area contributed by atoms with Crippen molar-refractivity contribution in [2.75, 3.05) is 45.3 Å². The zero-order valence-corrected chi connectivity index (χ0v) is 12.0. The van der Waals surface area contributed by atoms with Crippen LogP contribution in [0.4, 0.5) is 11.4 Å². The number of methoxy groups -OCH3 is 1. The van der Waals surface area contributed by atoms with E-state index in [1.807, 2.05) is 19.2 Å². The molecule has 20 heavy (non-hydrogen) atoms. The molecule has 0 amide bonds. The van der Waals surface area contributed by atoms with Crippen LogP contribution < -0.4 is 4.90 Å². The van der Waals surface area contributed by atoms with Crippen LogP contribution in [-0.2, 0) is 4.74 Å². The molecule has 0 saturated carbocycles. The molecule has 2 rings (SSSR count). The molecule has 0 radical (unpaired) electrons. The van der Waals surface area contributed by atoms with E-state index >= 15 is 0 Å². The first-order valence-electron chi connectivity index (χ1n) is 6.80. The van der Waals surface area contributed by atoms with Crippen molar-refractivity contribution >= 4 is 11.4 Å². The molecule has 1 fully saturated rings. The second-order valence-electron chi connectivity index (χ2n) is 5.12. The van der Waals surface area contributed by atoms with Gasteiger partial charge in [0.2, 0.25) is 0 Å². The van der Waals surface area contributed by atoms with E-state index < -0.39 is 0 Å². The summed E-state index contributed by atoms with van der Waals surface area (Å²) < 4.78 is 5.10. The highest BCUT2D eigenvalue weighted by atomic mass is 16.6. The Morgan fingerprint density at radius 2 is 2.15 bits per heavy atom. The van der Waals surface area contributed by atoms with Gasteiger partial charge in [-0.15, -0.1) is 0 Å². The number of benzene rings is 1. The molecule has 1 heterocycles. The van der Waals surface area contributed by atoms with Gasteiger partial charge in [0.05, 0.1) is 11.5 Å². The lowest BCUT2D eigenvalue weighted by atomic mass is 10.2. The number of ether oxygens (including phenoxy) is 1. The highest BCUT2D eigenvalue weighted by molar-refractivity contribution is 5.51. The summed E-state index contributed by atoms with van der Waals surface area (Å²) in [5.41, 5.74) is 1.16. The third-order valence-corrected chi connectivity index (χ3v) is 3.87. The maximum Gasteiger partial charge on any atom is 0.269 e. The minimum atomic E-state index is -0.369. The highest BCUT2D eigenvalue weighted by Crippen LogP contribution is 2.23. The molecule has 1 saturated heterocycles. The van der Waals surface area contributed by atoms with Gasteiger partial charge in [-0.2, -0.15) is 0 Å². The van der Waals surface area contributed by atoms with E-state index in [0.717, 1.165) is 38.3 Å². The number of likely N-dealkylation sites (tertiary alicyclic amines) is 1. The van der Waals surface area contributed by atoms with Crippen LogP contribution in [-0.4, -0.2) is 56.3 Å². The Bertz CT molecular complexity index is 449. The zero-order chi connectivity index (χ0) is 14.5. The molecule has 1 unspecified atom stereocenters. The molecular weight excluding hydrogens is 258 g/mol. The Morgan fingerprint density at radius 1 is 1.45 bits per heavy atom. The largest absolute Gasteiger partial charge is 0.383 e. The van der Waals surface area contributed by atoms with Crippen molar-refractivity contribution in [1.29, 1.82) is 0 Å². The number of nitro groups is 1. The number of hydrogen-bond acceptors (Lipinski definition) is 5. The average molecular weight is 279 g/mol. The quantitative estimate of drug-likeness (QED) is 0.586. The number of anilines is 1. The van der Waals surface area contributed by atoms with Gasteiger partial charge < -0.3 is 9.64 Å². The molecule has 6 nitrogen and oxygen atoms in total. The van der Waals surface area contributed by atoms with Crippen molar-refractivity contribution in [3.63, 3.8) is 0 Å². The van der Waals surface area contributed by atoms with Crippen molar-refractivity contribution < 1.29 is 9.66 Å². The maximum atomic E-state index is 10.7. The molecule has 1 aliphatic heterocycles. The number of rotatable bonds is 6. The molecule has 1 atom stereocenters. The summed E-state index contributed by atoms with van der Waals surface area (Å²) in [5, 5.41) is 10.7. The summed E-state index contributed by atoms with van der Waals surface area (Å²) in [6, 6.07) is 7.20. The lowest BCUT2D eigenvalue weighted by Gasteiger charge is -2.27. The van der Waals surface area contributed by atoms with E-state index in [1.165, 1.54) is 0 Å². The number of nitro benzene ring substituents is 1. The van der Waals surface area contributed by atoms with E-state index in [0.29, 0.717) is 6.04 Å². The molecule has 0 aromatic heterocycles. The second-order valence-corrected chi connectivity index (χ2v) is 5.12. The summed E-state index contributed by atoms with van der Waals surface area (Å²) in [5.74, 6) is 0. The van der Waals surface area contributed by atoms with Crippen LogP contribution in [0, 0.1) is 10.1 Å². The molecule has 1 aromatic carbocycles. The fourth-order valence-electron chi connectivity index (χ4n) is 2.57. The summed E-state index contributed by atoms with van der Waals surface area (Å²) in [6.07, 6.45) is 1.11. The number of nitrogens with zero attached hydrogens (tertiary/aromatic N) is 3. The van der Waals surface area contributed by atoms with E-state index in [4.69, 9.17) is 4.74 Å². The zero-order valence-electron chi connectivity index (χ0n) is 12.0. The van der Waals surface area contributed by atoms with Crippen LogP contribution in [0.5, 0.6) is 0 Å². The second kappa shape index (κ2) is 6.67. The predicted molar refractivity (Wildman–Crippen MR) is 78.2 cm³/mol. The van der Waals surface area contributed by atoms with Crippen LogP contribution in [0.1, 0.15) is 6.42 Å². The first-order chi connectivity index (χ1) is 9.61. The fraction of sp³-hybridized carbons (Fsp3) is 0.571. The van der Waals surface area contributed by atoms with E-state index in [2.05, 4.69) is 9.80 Å². The standard InChI is InChI=1S/C14H21N3O3/c1-15(12-3-5-13(6-4-12)17(18)19)14-7-8-16(11-14)9-10-20-2/h3-6,14H,7-11H2,1-2H3. The molecule has 6 heteroatoms. The fourth-order valence-corrected chi connectivity index (χ4v) is 2.57. The maximum absolute atomic E-state index is 10.7. The van der Waals surface area contributed by atoms with Gasteiger partial charge >= 0.3 is 0 Å². The van der Waals surface area contributed by atoms with Crippen LogP contribution in [0.3, 0.4) is 0 Å². The first kappa shape index (κ1) is 14.7. The van der Waals surface area contributed by atoms with E-state index in [1.54, 1.807) is 19.2 Å². The van der Waals surface area contributed by atoms with Crippen molar-refractivity contribution in [3.8, 4) is 0 Å². The third-order valence-electron chi connectivity index (χ3n) is 3.87. The Labute approximate surface area is 119 Å². The lowest BCUT2D eigenvalue weighted by Crippen LogP contribution is -2.35. The van der Waals surface area contributed by atoms with Crippen molar-refractivity contribution in [3.05, 3.63) is 34.4 Å². The number of hydrogen-bond donors (Lipinski definition) is 0. The van der Waals surface area contributed by atoms with Crippen molar-refractivity contribution in [1.82, 2.24) is 4.90 Å². The Hall–Kier alpha value is -1.66. The van der Waals surface area contributed by atoms with Crippen LogP contribution in [0.15, 0.2) is 24.3 Å². The van der Waals surface area contributed by atoms with Crippen LogP contribution in [0.25, 0.3) is 0 Å². The minimum absolute atomic E-state index is 0.135. The van der Waals surface area contributed by atoms with Crippen molar-refractivity contribution in [2.45, 2.75) is 12.5 Å². The van der Waals surface area contributed by atoms with Gasteiger partial charge in [-0.3, -0.25) is 15.0 Å². The average Bonchev–Trinajstić information content (AvgIpc) is 2.93. The molecule has 0 spiro atoms. The van der Waals surface area contributed by atoms with Crippen LogP contribution >= 0.6 is 0 Å². The summed E-state index contributed by atoms with van der Waals surface area (Å²) >= 11 is 0. The molecular formula is C14H21N3O3. The Kier molecular flexibility index (Phi) is 4.92. The molecule has 110 valence electrons. The Morgan fingerprint density at radius 3 is 2.75 bits per heavy atom. The van der Waals surface area contributed by atoms with E-state index in [9.17, 15) is 10.1 Å². The topological polar surface area (TPSA) is 58.8 Å².